The quantitative estimate of drug-likeness (QED) is 0.396. The molecule has 0 bridgehead atoms. The maximum absolute atomic E-state index is 13.1. The van der Waals surface area contributed by atoms with Gasteiger partial charge in [-0.15, -0.1) is 0 Å². The summed E-state index contributed by atoms with van der Waals surface area (Å²) in [4.78, 5) is 30.7. The third kappa shape index (κ3) is 3.65. The molecule has 4 atom stereocenters. The first kappa shape index (κ1) is 22.5. The van der Waals surface area contributed by atoms with Crippen molar-refractivity contribution >= 4 is 28.9 Å². The standard InChI is InChI=1S/C23H29N7O4/c1-23(34-3)9-8-17(23)27-21(32)13-12-25-30-19(24-2)11-18(28-20(13)30)26-14-5-4-10-29(22(14)33)15-6-7-16(15)31/h4-5,10-12,15-17,24,31H,6-9H2,1-3H3,(H,26,28)(H,27,32)/p+1/t15?,16-,17?,23-/m1/s1. The number of hydrogen-bond donors (Lipinski definition) is 4. The van der Waals surface area contributed by atoms with Crippen molar-refractivity contribution in [2.75, 3.05) is 24.8 Å². The second-order valence-electron chi connectivity index (χ2n) is 9.23. The third-order valence-corrected chi connectivity index (χ3v) is 7.35. The Morgan fingerprint density at radius 2 is 2.18 bits per heavy atom. The SMILES string of the molecule is CNc1cc(Nc2cccn(C3CC[C@H]3O)c2=O)nc2c(C(=O)[NH2+]C3CC[C@@]3(C)OC)cnn12. The van der Waals surface area contributed by atoms with Crippen LogP contribution in [0.25, 0.3) is 5.65 Å². The summed E-state index contributed by atoms with van der Waals surface area (Å²) in [5.74, 6) is 0.860. The lowest BCUT2D eigenvalue weighted by Gasteiger charge is -2.42. The highest BCUT2D eigenvalue weighted by Crippen LogP contribution is 2.33. The van der Waals surface area contributed by atoms with E-state index in [4.69, 9.17) is 4.74 Å². The molecule has 0 aliphatic heterocycles. The van der Waals surface area contributed by atoms with E-state index in [-0.39, 0.29) is 29.2 Å². The third-order valence-electron chi connectivity index (χ3n) is 7.35. The number of fused-ring (bicyclic) bond motifs is 1. The van der Waals surface area contributed by atoms with Crippen molar-refractivity contribution in [2.45, 2.75) is 56.4 Å². The molecule has 2 aliphatic rings. The van der Waals surface area contributed by atoms with Crippen LogP contribution < -0.4 is 21.5 Å². The summed E-state index contributed by atoms with van der Waals surface area (Å²) < 4.78 is 8.71. The van der Waals surface area contributed by atoms with Crippen molar-refractivity contribution in [3.05, 3.63) is 46.5 Å². The van der Waals surface area contributed by atoms with E-state index in [1.807, 2.05) is 6.92 Å². The van der Waals surface area contributed by atoms with Gasteiger partial charge in [0, 0.05) is 32.8 Å². The molecule has 3 heterocycles. The van der Waals surface area contributed by atoms with Crippen LogP contribution in [0, 0.1) is 0 Å². The lowest BCUT2D eigenvalue weighted by molar-refractivity contribution is -0.629. The normalized spacial score (nSPS) is 26.1. The number of ether oxygens (including phenoxy) is 1. The fourth-order valence-corrected chi connectivity index (χ4v) is 4.68. The number of anilines is 3. The van der Waals surface area contributed by atoms with Gasteiger partial charge in [0.15, 0.2) is 5.65 Å². The number of carbonyl (C=O) groups is 1. The summed E-state index contributed by atoms with van der Waals surface area (Å²) in [5.41, 5.74) is 0.551. The number of aromatic nitrogens is 4. The minimum Gasteiger partial charge on any atom is -0.391 e. The lowest BCUT2D eigenvalue weighted by atomic mass is 9.76. The molecule has 0 spiro atoms. The number of nitrogens with two attached hydrogens (primary N) is 1. The maximum atomic E-state index is 13.1. The van der Waals surface area contributed by atoms with Crippen molar-refractivity contribution in [1.29, 1.82) is 0 Å². The van der Waals surface area contributed by atoms with Gasteiger partial charge in [-0.1, -0.05) is 0 Å². The zero-order valence-corrected chi connectivity index (χ0v) is 19.5. The molecule has 2 fully saturated rings. The second kappa shape index (κ2) is 8.49. The highest BCUT2D eigenvalue weighted by atomic mass is 16.5. The van der Waals surface area contributed by atoms with Crippen molar-refractivity contribution in [1.82, 2.24) is 19.2 Å². The number of rotatable bonds is 7. The van der Waals surface area contributed by atoms with E-state index >= 15 is 0 Å². The Labute approximate surface area is 196 Å². The van der Waals surface area contributed by atoms with E-state index in [1.165, 1.54) is 6.20 Å². The number of pyridine rings is 1. The van der Waals surface area contributed by atoms with E-state index in [2.05, 4.69) is 20.7 Å². The summed E-state index contributed by atoms with van der Waals surface area (Å²) in [6, 6.07) is 4.99. The number of amides is 1. The van der Waals surface area contributed by atoms with Crippen molar-refractivity contribution in [3.8, 4) is 0 Å². The molecule has 11 nitrogen and oxygen atoms in total. The fraction of sp³-hybridized carbons (Fsp3) is 0.478. The topological polar surface area (TPSA) is 139 Å². The van der Waals surface area contributed by atoms with Crippen LogP contribution in [0.4, 0.5) is 17.3 Å². The van der Waals surface area contributed by atoms with Gasteiger partial charge in [0.05, 0.1) is 18.3 Å². The van der Waals surface area contributed by atoms with Crippen LogP contribution in [-0.4, -0.2) is 62.1 Å². The molecule has 11 heteroatoms. The Kier molecular flexibility index (Phi) is 5.62. The molecule has 5 N–H and O–H groups in total. The summed E-state index contributed by atoms with van der Waals surface area (Å²) in [6.07, 6.45) is 5.96. The van der Waals surface area contributed by atoms with Crippen molar-refractivity contribution in [3.63, 3.8) is 0 Å². The number of carbonyl (C=O) groups excluding carboxylic acids is 1. The molecule has 2 saturated carbocycles. The van der Waals surface area contributed by atoms with E-state index in [1.54, 1.807) is 53.0 Å². The van der Waals surface area contributed by atoms with Gasteiger partial charge in [-0.2, -0.15) is 9.61 Å². The minimum atomic E-state index is -0.509. The fourth-order valence-electron chi connectivity index (χ4n) is 4.68. The van der Waals surface area contributed by atoms with Gasteiger partial charge in [-0.25, -0.2) is 9.78 Å². The van der Waals surface area contributed by atoms with Crippen LogP contribution in [0.5, 0.6) is 0 Å². The summed E-state index contributed by atoms with van der Waals surface area (Å²) >= 11 is 0. The molecule has 5 rings (SSSR count). The molecule has 3 aromatic rings. The van der Waals surface area contributed by atoms with Gasteiger partial charge < -0.3 is 25.0 Å². The number of quaternary nitrogens is 1. The molecule has 1 amide bonds. The first-order valence-electron chi connectivity index (χ1n) is 11.5. The van der Waals surface area contributed by atoms with Crippen LogP contribution in [0.3, 0.4) is 0 Å². The molecule has 0 saturated heterocycles. The molecule has 0 radical (unpaired) electrons. The summed E-state index contributed by atoms with van der Waals surface area (Å²) in [5, 5.41) is 22.2. The second-order valence-corrected chi connectivity index (χ2v) is 9.23. The van der Waals surface area contributed by atoms with Crippen LogP contribution >= 0.6 is 0 Å². The molecule has 34 heavy (non-hydrogen) atoms. The lowest BCUT2D eigenvalue weighted by Crippen LogP contribution is -2.99. The van der Waals surface area contributed by atoms with Gasteiger partial charge >= 0.3 is 5.91 Å². The van der Waals surface area contributed by atoms with Crippen LogP contribution in [0.1, 0.15) is 49.0 Å². The van der Waals surface area contributed by atoms with Crippen LogP contribution in [-0.2, 0) is 4.74 Å². The largest absolute Gasteiger partial charge is 0.391 e. The number of nitrogens with one attached hydrogen (secondary N) is 2. The number of primary amides is 1. The average Bonchev–Trinajstić information content (AvgIpc) is 3.26. The van der Waals surface area contributed by atoms with E-state index in [0.29, 0.717) is 35.0 Å². The predicted octanol–water partition coefficient (Wildman–Crippen LogP) is 0.643. The Morgan fingerprint density at radius 3 is 2.79 bits per heavy atom. The molecular formula is C23H30N7O4+. The average molecular weight is 469 g/mol. The number of aliphatic hydroxyl groups excluding tert-OH is 1. The molecule has 2 unspecified atom stereocenters. The maximum Gasteiger partial charge on any atom is 0.348 e. The number of aliphatic hydroxyl groups is 1. The van der Waals surface area contributed by atoms with Crippen molar-refractivity contribution < 1.29 is 20.0 Å². The Bertz CT molecular complexity index is 1300. The first-order valence-corrected chi connectivity index (χ1v) is 11.5. The number of nitrogens with zero attached hydrogens (tertiary/aromatic N) is 4. The van der Waals surface area contributed by atoms with Gasteiger partial charge in [0.2, 0.25) is 0 Å². The molecule has 180 valence electrons. The Morgan fingerprint density at radius 1 is 1.35 bits per heavy atom. The predicted molar refractivity (Wildman–Crippen MR) is 125 cm³/mol. The van der Waals surface area contributed by atoms with Crippen LogP contribution in [0.15, 0.2) is 35.4 Å². The summed E-state index contributed by atoms with van der Waals surface area (Å²) in [7, 11) is 3.42. The minimum absolute atomic E-state index is 0.0367. The monoisotopic (exact) mass is 468 g/mol. The smallest absolute Gasteiger partial charge is 0.348 e. The van der Waals surface area contributed by atoms with Gasteiger partial charge in [-0.05, 0) is 38.3 Å². The van der Waals surface area contributed by atoms with Gasteiger partial charge in [0.25, 0.3) is 5.56 Å². The first-order chi connectivity index (χ1) is 16.3. The highest BCUT2D eigenvalue weighted by Gasteiger charge is 2.48. The molecule has 2 aliphatic carbocycles. The Hall–Kier alpha value is -3.28. The van der Waals surface area contributed by atoms with Gasteiger partial charge in [0.1, 0.15) is 34.5 Å². The van der Waals surface area contributed by atoms with Gasteiger partial charge in [-0.3, -0.25) is 10.1 Å². The summed E-state index contributed by atoms with van der Waals surface area (Å²) in [6.45, 7) is 2.01. The van der Waals surface area contributed by atoms with Crippen LogP contribution in [0.2, 0.25) is 0 Å². The van der Waals surface area contributed by atoms with E-state index in [9.17, 15) is 14.7 Å². The van der Waals surface area contributed by atoms with E-state index < -0.39 is 6.10 Å². The number of hydrogen-bond acceptors (Lipinski definition) is 8. The highest BCUT2D eigenvalue weighted by molar-refractivity contribution is 5.94. The molecule has 0 aromatic carbocycles. The van der Waals surface area contributed by atoms with E-state index in [0.717, 1.165) is 19.3 Å². The zero-order valence-electron chi connectivity index (χ0n) is 19.5. The van der Waals surface area contributed by atoms with Crippen molar-refractivity contribution in [2.24, 2.45) is 0 Å². The molecular weight excluding hydrogens is 438 g/mol. The Balaban J connectivity index is 1.46. The molecule has 3 aromatic heterocycles. The zero-order chi connectivity index (χ0) is 24.0. The number of methoxy groups -OCH3 is 1.